The van der Waals surface area contributed by atoms with E-state index in [0.29, 0.717) is 67.5 Å². The predicted octanol–water partition coefficient (Wildman–Crippen LogP) is 15.1. The van der Waals surface area contributed by atoms with Crippen molar-refractivity contribution >= 4 is 243 Å². The fraction of sp³-hybridized carbons (Fsp3) is 0.172. The van der Waals surface area contributed by atoms with Crippen LogP contribution in [0, 0.1) is 0 Å². The van der Waals surface area contributed by atoms with Gasteiger partial charge in [-0.3, -0.25) is 0 Å². The first-order valence-corrected chi connectivity index (χ1v) is 45.7. The van der Waals surface area contributed by atoms with Gasteiger partial charge < -0.3 is 0 Å². The zero-order chi connectivity index (χ0) is 59.9. The summed E-state index contributed by atoms with van der Waals surface area (Å²) in [5.41, 5.74) is 4.37. The van der Waals surface area contributed by atoms with E-state index in [1.54, 1.807) is 88.6 Å². The van der Waals surface area contributed by atoms with Crippen LogP contribution in [0.4, 0.5) is 0 Å². The van der Waals surface area contributed by atoms with Gasteiger partial charge in [0.05, 0.1) is 0 Å². The maximum atomic E-state index is 13.1. The number of hydrogen-bond donors (Lipinski definition) is 0. The topological polar surface area (TPSA) is 150 Å². The number of alkyl halides is 6. The van der Waals surface area contributed by atoms with E-state index in [1.807, 2.05) is 97.1 Å². The molecule has 26 heteroatoms. The molecule has 432 valence electrons. The Labute approximate surface area is 542 Å². The molecular formula is C58H42As2Cl8N4O8S4. The number of benzene rings is 8. The average Bonchev–Trinajstić information content (AvgIpc) is 2.19. The molecule has 0 fully saturated rings. The summed E-state index contributed by atoms with van der Waals surface area (Å²) in [5, 5.41) is 6.40. The molecule has 0 aromatic heterocycles. The Kier molecular flexibility index (Phi) is 22.7. The second-order valence-corrected chi connectivity index (χ2v) is 50.7. The van der Waals surface area contributed by atoms with Crippen molar-refractivity contribution in [1.82, 2.24) is 19.6 Å². The van der Waals surface area contributed by atoms with Gasteiger partial charge in [0.2, 0.25) is 0 Å². The Bertz CT molecular complexity index is 3250. The Morgan fingerprint density at radius 3 is 0.571 bits per heavy atom. The molecule has 84 heavy (non-hydrogen) atoms. The van der Waals surface area contributed by atoms with Crippen LogP contribution in [-0.2, 0) is 0 Å². The summed E-state index contributed by atoms with van der Waals surface area (Å²) in [7, 11) is 19.5. The molecule has 0 unspecified atom stereocenters. The van der Waals surface area contributed by atoms with Crippen molar-refractivity contribution in [3.05, 3.63) is 190 Å². The number of carbonyl (C=O) groups excluding carboxylic acids is 8. The summed E-state index contributed by atoms with van der Waals surface area (Å²) in [6, 6.07) is 44.0. The summed E-state index contributed by atoms with van der Waals surface area (Å²) in [6.07, 6.45) is 0. The van der Waals surface area contributed by atoms with Crippen molar-refractivity contribution < 1.29 is 38.4 Å². The molecule has 8 aromatic carbocycles. The van der Waals surface area contributed by atoms with Crippen LogP contribution in [0.3, 0.4) is 0 Å². The molecule has 4 aliphatic rings. The van der Waals surface area contributed by atoms with Crippen LogP contribution in [0.25, 0.3) is 43.1 Å². The summed E-state index contributed by atoms with van der Waals surface area (Å²) >= 11 is 25.0. The molecule has 0 aliphatic carbocycles. The van der Waals surface area contributed by atoms with Crippen LogP contribution < -0.4 is 0 Å². The summed E-state index contributed by atoms with van der Waals surface area (Å²) in [4.78, 5) is 110. The standard InChI is InChI=1S/2C28H20AsClN2O4S2.2CHCl3/c2*30-29(37-15-13-31-25(33)19-9-1-5-17-6-2-10-20(23(17)19)26(31)34)38-16-14-32-27(35)21-11-3-7-18-8-4-12-22(24(18)21)28(32)36;2*2-1(3)4/h2*1-12H,13-16H2;2*1H. The second-order valence-electron chi connectivity index (χ2n) is 18.1. The molecule has 0 saturated carbocycles. The first kappa shape index (κ1) is 64.7. The molecule has 0 saturated heterocycles. The molecule has 8 aromatic rings. The van der Waals surface area contributed by atoms with E-state index in [2.05, 4.69) is 0 Å². The number of halogens is 8. The Morgan fingerprint density at radius 2 is 0.429 bits per heavy atom. The second kappa shape index (κ2) is 29.5. The Morgan fingerprint density at radius 1 is 0.286 bits per heavy atom. The monoisotopic (exact) mass is 1480 g/mol. The zero-order valence-electron chi connectivity index (χ0n) is 43.3. The van der Waals surface area contributed by atoms with Crippen molar-refractivity contribution in [2.45, 2.75) is 8.59 Å². The SMILES string of the molecule is ClC(Cl)Cl.ClC(Cl)Cl.O=C1c2cccc3cccc(c23)C(=O)N1CCS[As](Cl)SCCN1C(=O)c2cccc3cccc(c23)C1=O.O=C1c2cccc3cccc(c23)C(=O)N1CCS[As](Cl)SCCN1C(=O)c2cccc3cccc(c23)C1=O. The van der Waals surface area contributed by atoms with Crippen LogP contribution in [0.2, 0.25) is 0 Å². The predicted molar refractivity (Wildman–Crippen MR) is 353 cm³/mol. The van der Waals surface area contributed by atoms with Gasteiger partial charge in [0.25, 0.3) is 0 Å². The third-order valence-electron chi connectivity index (χ3n) is 13.5. The first-order valence-electron chi connectivity index (χ1n) is 25.2. The fourth-order valence-corrected chi connectivity index (χ4v) is 29.7. The van der Waals surface area contributed by atoms with Crippen molar-refractivity contribution in [2.24, 2.45) is 0 Å². The average molecular weight is 1480 g/mol. The normalized spacial score (nSPS) is 14.3. The molecule has 0 N–H and O–H groups in total. The van der Waals surface area contributed by atoms with Crippen molar-refractivity contribution in [3.63, 3.8) is 0 Å². The van der Waals surface area contributed by atoms with Crippen LogP contribution in [0.5, 0.6) is 0 Å². The van der Waals surface area contributed by atoms with Gasteiger partial charge in [0.1, 0.15) is 0 Å². The van der Waals surface area contributed by atoms with Gasteiger partial charge in [0.15, 0.2) is 8.59 Å². The van der Waals surface area contributed by atoms with Gasteiger partial charge in [0, 0.05) is 0 Å². The van der Waals surface area contributed by atoms with Crippen molar-refractivity contribution in [3.8, 4) is 0 Å². The molecule has 12 rings (SSSR count). The van der Waals surface area contributed by atoms with E-state index >= 15 is 0 Å². The molecule has 8 amide bonds. The quantitative estimate of drug-likeness (QED) is 0.0515. The van der Waals surface area contributed by atoms with Crippen LogP contribution in [0.15, 0.2) is 146 Å². The van der Waals surface area contributed by atoms with Crippen molar-refractivity contribution in [1.29, 1.82) is 0 Å². The summed E-state index contributed by atoms with van der Waals surface area (Å²) < 4.78 is -1.50. The third-order valence-corrected chi connectivity index (χ3v) is 38.1. The van der Waals surface area contributed by atoms with Crippen LogP contribution in [0.1, 0.15) is 82.9 Å². The fourth-order valence-electron chi connectivity index (χ4n) is 10.0. The van der Waals surface area contributed by atoms with E-state index in [0.717, 1.165) is 43.1 Å². The van der Waals surface area contributed by atoms with E-state index in [-0.39, 0.29) is 73.4 Å². The molecular weight excluding hydrogens is 1440 g/mol. The minimum absolute atomic E-state index is 0.273. The number of hydrogen-bond acceptors (Lipinski definition) is 12. The number of amides is 8. The zero-order valence-corrected chi connectivity index (χ0v) is 56.3. The Hall–Kier alpha value is -3.80. The number of rotatable bonds is 16. The van der Waals surface area contributed by atoms with Gasteiger partial charge in [-0.2, -0.15) is 0 Å². The summed E-state index contributed by atoms with van der Waals surface area (Å²) in [6.45, 7) is 1.09. The Balaban J connectivity index is 0.000000179. The van der Waals surface area contributed by atoms with Crippen LogP contribution >= 0.6 is 130 Å². The van der Waals surface area contributed by atoms with Crippen LogP contribution in [-0.4, -0.2) is 147 Å². The third kappa shape index (κ3) is 14.4. The molecule has 0 radical (unpaired) electrons. The molecule has 0 spiro atoms. The number of nitrogens with zero attached hydrogens (tertiary/aromatic N) is 4. The molecule has 4 aliphatic heterocycles. The number of carbonyl (C=O) groups is 8. The molecule has 4 heterocycles. The van der Waals surface area contributed by atoms with Gasteiger partial charge in [-0.25, -0.2) is 0 Å². The van der Waals surface area contributed by atoms with E-state index in [1.165, 1.54) is 19.6 Å². The van der Waals surface area contributed by atoms with Gasteiger partial charge in [-0.15, -0.1) is 0 Å². The van der Waals surface area contributed by atoms with E-state index in [4.69, 9.17) is 89.5 Å². The summed E-state index contributed by atoms with van der Waals surface area (Å²) in [5.74, 6) is -0.109. The van der Waals surface area contributed by atoms with E-state index < -0.39 is 31.4 Å². The first-order chi connectivity index (χ1) is 40.4. The van der Waals surface area contributed by atoms with Crippen molar-refractivity contribution in [2.75, 3.05) is 49.2 Å². The molecule has 0 atom stereocenters. The van der Waals surface area contributed by atoms with Gasteiger partial charge in [-0.1, -0.05) is 69.6 Å². The minimum atomic E-state index is -1.92. The molecule has 12 nitrogen and oxygen atoms in total. The van der Waals surface area contributed by atoms with E-state index in [9.17, 15) is 38.4 Å². The maximum absolute atomic E-state index is 13.1. The number of imide groups is 4. The van der Waals surface area contributed by atoms with Gasteiger partial charge in [-0.05, 0) is 0 Å². The van der Waals surface area contributed by atoms with Gasteiger partial charge >= 0.3 is 470 Å². The molecule has 0 bridgehead atoms.